The Morgan fingerprint density at radius 3 is 2.76 bits per heavy atom. The van der Waals surface area contributed by atoms with Crippen molar-refractivity contribution in [3.8, 4) is 5.75 Å². The minimum atomic E-state index is -0.577. The van der Waals surface area contributed by atoms with Gasteiger partial charge in [-0.15, -0.1) is 11.3 Å². The lowest BCUT2D eigenvalue weighted by Gasteiger charge is -2.27. The second-order valence-electron chi connectivity index (χ2n) is 6.70. The number of esters is 1. The van der Waals surface area contributed by atoms with E-state index in [1.54, 1.807) is 23.5 Å². The molecule has 9 heteroatoms. The maximum atomic E-state index is 12.2. The van der Waals surface area contributed by atoms with E-state index in [1.807, 2.05) is 6.07 Å². The van der Waals surface area contributed by atoms with Crippen LogP contribution in [0.1, 0.15) is 29.7 Å². The van der Waals surface area contributed by atoms with Crippen LogP contribution in [0.3, 0.4) is 0 Å². The van der Waals surface area contributed by atoms with Gasteiger partial charge in [-0.25, -0.2) is 9.79 Å². The quantitative estimate of drug-likeness (QED) is 0.318. The number of piperidine rings is 1. The summed E-state index contributed by atoms with van der Waals surface area (Å²) in [4.78, 5) is 30.4. The lowest BCUT2D eigenvalue weighted by atomic mass is 10.1. The van der Waals surface area contributed by atoms with Crippen LogP contribution in [0.15, 0.2) is 41.0 Å². The van der Waals surface area contributed by atoms with Crippen molar-refractivity contribution in [2.24, 2.45) is 4.99 Å². The van der Waals surface area contributed by atoms with E-state index in [1.165, 1.54) is 43.5 Å². The molecular weight excluding hydrogens is 394 g/mol. The van der Waals surface area contributed by atoms with Crippen molar-refractivity contribution in [2.45, 2.75) is 19.3 Å². The molecule has 29 heavy (non-hydrogen) atoms. The van der Waals surface area contributed by atoms with E-state index in [9.17, 15) is 14.9 Å². The average molecular weight is 413 g/mol. The molecule has 0 saturated carbocycles. The number of nitrogens with zero attached hydrogens (tertiary/aromatic N) is 3. The number of nitro groups is 1. The van der Waals surface area contributed by atoms with Gasteiger partial charge in [0.1, 0.15) is 0 Å². The van der Waals surface area contributed by atoms with Crippen molar-refractivity contribution in [1.29, 1.82) is 0 Å². The van der Waals surface area contributed by atoms with Crippen LogP contribution in [0, 0.1) is 10.1 Å². The lowest BCUT2D eigenvalue weighted by molar-refractivity contribution is -0.385. The summed E-state index contributed by atoms with van der Waals surface area (Å²) < 4.78 is 10.2. The number of carbonyl (C=O) groups excluding carboxylic acids is 1. The zero-order valence-electron chi connectivity index (χ0n) is 15.8. The number of rotatable bonds is 5. The largest absolute Gasteiger partial charge is 0.490 e. The third-order valence-corrected chi connectivity index (χ3v) is 5.90. The molecule has 0 N–H and O–H groups in total. The molecule has 8 nitrogen and oxygen atoms in total. The van der Waals surface area contributed by atoms with Gasteiger partial charge in [0.15, 0.2) is 11.4 Å². The summed E-state index contributed by atoms with van der Waals surface area (Å²) in [5.74, 6) is -0.408. The molecule has 0 bridgehead atoms. The van der Waals surface area contributed by atoms with Crippen molar-refractivity contribution in [3.63, 3.8) is 0 Å². The molecule has 2 aliphatic rings. The third kappa shape index (κ3) is 4.00. The Labute approximate surface area is 171 Å². The van der Waals surface area contributed by atoms with Gasteiger partial charge in [0, 0.05) is 29.6 Å². The van der Waals surface area contributed by atoms with Gasteiger partial charge in [-0.1, -0.05) is 0 Å². The van der Waals surface area contributed by atoms with Crippen LogP contribution in [0.2, 0.25) is 0 Å². The summed E-state index contributed by atoms with van der Waals surface area (Å²) in [6.07, 6.45) is 5.35. The molecule has 0 amide bonds. The first kappa shape index (κ1) is 19.1. The molecule has 0 spiro atoms. The van der Waals surface area contributed by atoms with Crippen molar-refractivity contribution < 1.29 is 19.2 Å². The van der Waals surface area contributed by atoms with Gasteiger partial charge in [0.2, 0.25) is 5.90 Å². The smallest absolute Gasteiger partial charge is 0.363 e. The first-order chi connectivity index (χ1) is 14.0. The van der Waals surface area contributed by atoms with E-state index < -0.39 is 10.9 Å². The Kier molecular flexibility index (Phi) is 5.30. The average Bonchev–Trinajstić information content (AvgIpc) is 3.35. The second-order valence-corrected chi connectivity index (χ2v) is 7.80. The van der Waals surface area contributed by atoms with Gasteiger partial charge in [-0.2, -0.15) is 0 Å². The minimum absolute atomic E-state index is 0.0415. The van der Waals surface area contributed by atoms with Crippen molar-refractivity contribution in [2.75, 3.05) is 25.1 Å². The Morgan fingerprint density at radius 1 is 1.24 bits per heavy atom. The molecular formula is C20H19N3O5S. The molecule has 4 rings (SSSR count). The molecule has 0 atom stereocenters. The number of anilines is 1. The van der Waals surface area contributed by atoms with E-state index in [0.29, 0.717) is 5.56 Å². The third-order valence-electron chi connectivity index (χ3n) is 4.80. The van der Waals surface area contributed by atoms with Crippen LogP contribution in [0.5, 0.6) is 5.75 Å². The van der Waals surface area contributed by atoms with Crippen molar-refractivity contribution >= 4 is 40.0 Å². The molecule has 3 heterocycles. The van der Waals surface area contributed by atoms with Gasteiger partial charge in [0.05, 0.1) is 17.0 Å². The molecule has 2 aliphatic heterocycles. The summed E-state index contributed by atoms with van der Waals surface area (Å²) in [7, 11) is 1.36. The predicted molar refractivity (Wildman–Crippen MR) is 111 cm³/mol. The molecule has 1 aromatic heterocycles. The summed E-state index contributed by atoms with van der Waals surface area (Å²) >= 11 is 1.60. The molecule has 0 radical (unpaired) electrons. The fourth-order valence-corrected chi connectivity index (χ4v) is 4.33. The van der Waals surface area contributed by atoms with Crippen LogP contribution in [-0.4, -0.2) is 37.0 Å². The van der Waals surface area contributed by atoms with Crippen LogP contribution in [-0.2, 0) is 9.53 Å². The normalized spacial score (nSPS) is 18.0. The van der Waals surface area contributed by atoms with Crippen LogP contribution in [0.25, 0.3) is 6.08 Å². The van der Waals surface area contributed by atoms with Gasteiger partial charge >= 0.3 is 11.7 Å². The van der Waals surface area contributed by atoms with Crippen molar-refractivity contribution in [3.05, 3.63) is 56.6 Å². The number of cyclic esters (lactones) is 1. The van der Waals surface area contributed by atoms with Gasteiger partial charge in [0.25, 0.3) is 0 Å². The summed E-state index contributed by atoms with van der Waals surface area (Å²) in [5.41, 5.74) is 0.297. The number of hydrogen-bond acceptors (Lipinski definition) is 8. The lowest BCUT2D eigenvalue weighted by Crippen LogP contribution is -2.28. The maximum Gasteiger partial charge on any atom is 0.363 e. The van der Waals surface area contributed by atoms with Gasteiger partial charge in [-0.05, 0) is 49.6 Å². The number of aliphatic imine (C=N–C) groups is 1. The second kappa shape index (κ2) is 8.04. The first-order valence-corrected chi connectivity index (χ1v) is 10.1. The Morgan fingerprint density at radius 2 is 2.03 bits per heavy atom. The number of ether oxygens (including phenoxy) is 2. The number of methoxy groups -OCH3 is 1. The summed E-state index contributed by atoms with van der Waals surface area (Å²) in [5, 5.41) is 12.4. The van der Waals surface area contributed by atoms with Crippen LogP contribution >= 0.6 is 11.3 Å². The zero-order chi connectivity index (χ0) is 20.4. The topological polar surface area (TPSA) is 94.3 Å². The molecule has 0 aliphatic carbocycles. The molecule has 150 valence electrons. The van der Waals surface area contributed by atoms with Gasteiger partial charge in [-0.3, -0.25) is 10.1 Å². The summed E-state index contributed by atoms with van der Waals surface area (Å²) in [6, 6.07) is 8.32. The molecule has 0 unspecified atom stereocenters. The molecule has 2 aromatic rings. The van der Waals surface area contributed by atoms with E-state index in [0.717, 1.165) is 18.0 Å². The Hall–Kier alpha value is -3.20. The highest BCUT2D eigenvalue weighted by atomic mass is 32.1. The van der Waals surface area contributed by atoms with Crippen molar-refractivity contribution in [1.82, 2.24) is 0 Å². The number of carbonyl (C=O) groups is 1. The Balaban J connectivity index is 1.58. The highest BCUT2D eigenvalue weighted by Gasteiger charge is 2.27. The standard InChI is InChI=1S/C20H19N3O5S/c1-27-17-7-5-13(11-16(17)23(25)26)19-21-15(20(24)28-19)12-14-6-8-18(29-14)22-9-3-2-4-10-22/h5-8,11-12H,2-4,9-10H2,1H3/b15-12-. The van der Waals surface area contributed by atoms with E-state index in [2.05, 4.69) is 16.0 Å². The molecule has 1 fully saturated rings. The molecule has 1 aromatic carbocycles. The number of nitro benzene ring substituents is 1. The van der Waals surface area contributed by atoms with Crippen LogP contribution < -0.4 is 9.64 Å². The fraction of sp³-hybridized carbons (Fsp3) is 0.300. The zero-order valence-corrected chi connectivity index (χ0v) is 16.6. The van der Waals surface area contributed by atoms with Crippen LogP contribution in [0.4, 0.5) is 10.7 Å². The number of hydrogen-bond donors (Lipinski definition) is 0. The minimum Gasteiger partial charge on any atom is -0.490 e. The first-order valence-electron chi connectivity index (χ1n) is 9.25. The predicted octanol–water partition coefficient (Wildman–Crippen LogP) is 4.00. The van der Waals surface area contributed by atoms with Gasteiger partial charge < -0.3 is 14.4 Å². The molecule has 1 saturated heterocycles. The highest BCUT2D eigenvalue weighted by molar-refractivity contribution is 7.16. The number of benzene rings is 1. The fourth-order valence-electron chi connectivity index (χ4n) is 3.34. The van der Waals surface area contributed by atoms with E-state index in [4.69, 9.17) is 9.47 Å². The Bertz CT molecular complexity index is 1020. The summed E-state index contributed by atoms with van der Waals surface area (Å²) in [6.45, 7) is 2.11. The van der Waals surface area contributed by atoms with E-state index in [-0.39, 0.29) is 23.0 Å². The number of thiophene rings is 1. The van der Waals surface area contributed by atoms with E-state index >= 15 is 0 Å². The maximum absolute atomic E-state index is 12.2. The monoisotopic (exact) mass is 413 g/mol. The SMILES string of the molecule is COc1ccc(C2=N/C(=C\c3ccc(N4CCCCC4)s3)C(=O)O2)cc1[N+](=O)[O-]. The highest BCUT2D eigenvalue weighted by Crippen LogP contribution is 2.32.